The minimum Gasteiger partial charge on any atom is -0.310 e. The lowest BCUT2D eigenvalue weighted by Gasteiger charge is -2.39. The van der Waals surface area contributed by atoms with E-state index in [9.17, 15) is 0 Å². The topological polar surface area (TPSA) is 15.3 Å². The zero-order valence-corrected chi connectivity index (χ0v) is 11.2. The molecule has 2 aliphatic rings. The first kappa shape index (κ1) is 12.4. The average molecular weight is 224 g/mol. The van der Waals surface area contributed by atoms with Gasteiger partial charge in [0, 0.05) is 24.7 Å². The molecule has 0 aromatic carbocycles. The quantitative estimate of drug-likeness (QED) is 0.772. The van der Waals surface area contributed by atoms with E-state index in [4.69, 9.17) is 0 Å². The number of nitrogens with zero attached hydrogens (tertiary/aromatic N) is 1. The van der Waals surface area contributed by atoms with Crippen molar-refractivity contribution in [2.75, 3.05) is 13.1 Å². The fourth-order valence-electron chi connectivity index (χ4n) is 2.80. The van der Waals surface area contributed by atoms with Gasteiger partial charge in [-0.15, -0.1) is 0 Å². The summed E-state index contributed by atoms with van der Waals surface area (Å²) in [7, 11) is 0. The maximum Gasteiger partial charge on any atom is 0.0198 e. The van der Waals surface area contributed by atoms with E-state index in [0.29, 0.717) is 0 Å². The Kier molecular flexibility index (Phi) is 4.26. The molecule has 0 amide bonds. The number of nitrogens with one attached hydrogen (secondary N) is 1. The predicted octanol–water partition coefficient (Wildman–Crippen LogP) is 2.64. The van der Waals surface area contributed by atoms with Crippen LogP contribution in [-0.4, -0.2) is 36.1 Å². The summed E-state index contributed by atoms with van der Waals surface area (Å²) in [6, 6.07) is 2.39. The van der Waals surface area contributed by atoms with E-state index >= 15 is 0 Å². The zero-order chi connectivity index (χ0) is 11.5. The van der Waals surface area contributed by atoms with Gasteiger partial charge in [0.05, 0.1) is 0 Å². The van der Waals surface area contributed by atoms with Crippen LogP contribution in [0.1, 0.15) is 52.9 Å². The van der Waals surface area contributed by atoms with Crippen molar-refractivity contribution in [2.45, 2.75) is 71.0 Å². The molecule has 0 spiro atoms. The molecule has 2 heteroatoms. The fraction of sp³-hybridized carbons (Fsp3) is 1.00. The van der Waals surface area contributed by atoms with Crippen molar-refractivity contribution >= 4 is 0 Å². The second-order valence-corrected chi connectivity index (χ2v) is 5.90. The van der Waals surface area contributed by atoms with E-state index in [1.54, 1.807) is 0 Å². The maximum atomic E-state index is 3.79. The highest BCUT2D eigenvalue weighted by Gasteiger charge is 2.29. The van der Waals surface area contributed by atoms with Crippen LogP contribution in [0.2, 0.25) is 0 Å². The number of hydrogen-bond acceptors (Lipinski definition) is 2. The molecule has 0 aromatic heterocycles. The average Bonchev–Trinajstić information content (AvgIpc) is 3.11. The standard InChI is InChI=1S/C14H28N2/c1-4-11(2)12(3)16-9-5-6-14(10-16)15-13-7-8-13/h11-15H,4-10H2,1-3H3. The molecule has 1 saturated carbocycles. The van der Waals surface area contributed by atoms with Crippen LogP contribution in [-0.2, 0) is 0 Å². The van der Waals surface area contributed by atoms with Crippen LogP contribution in [0.25, 0.3) is 0 Å². The molecular weight excluding hydrogens is 196 g/mol. The molecule has 1 aliphatic heterocycles. The second kappa shape index (κ2) is 5.50. The highest BCUT2D eigenvalue weighted by Crippen LogP contribution is 2.24. The Morgan fingerprint density at radius 2 is 1.94 bits per heavy atom. The summed E-state index contributed by atoms with van der Waals surface area (Å²) in [6.07, 6.45) is 6.90. The molecule has 1 saturated heterocycles. The van der Waals surface area contributed by atoms with Crippen LogP contribution in [0.5, 0.6) is 0 Å². The summed E-state index contributed by atoms with van der Waals surface area (Å²) < 4.78 is 0. The van der Waals surface area contributed by atoms with Crippen molar-refractivity contribution in [1.29, 1.82) is 0 Å². The third kappa shape index (κ3) is 3.21. The monoisotopic (exact) mass is 224 g/mol. The predicted molar refractivity (Wildman–Crippen MR) is 69.7 cm³/mol. The Hall–Kier alpha value is -0.0800. The van der Waals surface area contributed by atoms with Gasteiger partial charge in [0.2, 0.25) is 0 Å². The zero-order valence-electron chi connectivity index (χ0n) is 11.2. The lowest BCUT2D eigenvalue weighted by molar-refractivity contribution is 0.111. The summed E-state index contributed by atoms with van der Waals surface area (Å²) in [5.74, 6) is 0.833. The Morgan fingerprint density at radius 1 is 1.19 bits per heavy atom. The van der Waals surface area contributed by atoms with Gasteiger partial charge in [-0.1, -0.05) is 20.3 Å². The summed E-state index contributed by atoms with van der Waals surface area (Å²) in [4.78, 5) is 2.71. The number of piperidine rings is 1. The smallest absolute Gasteiger partial charge is 0.0198 e. The Morgan fingerprint density at radius 3 is 2.56 bits per heavy atom. The Balaban J connectivity index is 1.80. The van der Waals surface area contributed by atoms with Crippen molar-refractivity contribution in [1.82, 2.24) is 10.2 Å². The van der Waals surface area contributed by atoms with Gasteiger partial charge in [-0.3, -0.25) is 4.90 Å². The maximum absolute atomic E-state index is 3.79. The van der Waals surface area contributed by atoms with Crippen LogP contribution in [0.15, 0.2) is 0 Å². The van der Waals surface area contributed by atoms with E-state index in [2.05, 4.69) is 31.0 Å². The van der Waals surface area contributed by atoms with E-state index in [0.717, 1.165) is 24.0 Å². The first-order valence-electron chi connectivity index (χ1n) is 7.20. The molecule has 2 fully saturated rings. The van der Waals surface area contributed by atoms with Crippen molar-refractivity contribution in [2.24, 2.45) is 5.92 Å². The minimum atomic E-state index is 0.758. The van der Waals surface area contributed by atoms with Gasteiger partial charge in [0.1, 0.15) is 0 Å². The molecule has 2 nitrogen and oxygen atoms in total. The van der Waals surface area contributed by atoms with E-state index < -0.39 is 0 Å². The van der Waals surface area contributed by atoms with Gasteiger partial charge in [-0.05, 0) is 45.1 Å². The molecule has 3 unspecified atom stereocenters. The van der Waals surface area contributed by atoms with E-state index in [-0.39, 0.29) is 0 Å². The molecule has 94 valence electrons. The first-order chi connectivity index (χ1) is 7.70. The van der Waals surface area contributed by atoms with Gasteiger partial charge >= 0.3 is 0 Å². The summed E-state index contributed by atoms with van der Waals surface area (Å²) in [5, 5.41) is 3.79. The molecule has 0 aromatic rings. The minimum absolute atomic E-state index is 0.758. The molecule has 1 heterocycles. The van der Waals surface area contributed by atoms with Crippen LogP contribution < -0.4 is 5.32 Å². The first-order valence-corrected chi connectivity index (χ1v) is 7.20. The molecule has 0 bridgehead atoms. The molecule has 3 atom stereocenters. The SMILES string of the molecule is CCC(C)C(C)N1CCCC(NC2CC2)C1. The number of rotatable bonds is 5. The molecular formula is C14H28N2. The lowest BCUT2D eigenvalue weighted by Crippen LogP contribution is -2.50. The molecule has 2 rings (SSSR count). The van der Waals surface area contributed by atoms with E-state index in [1.807, 2.05) is 0 Å². The lowest BCUT2D eigenvalue weighted by atomic mass is 9.95. The van der Waals surface area contributed by atoms with Gasteiger partial charge in [-0.2, -0.15) is 0 Å². The van der Waals surface area contributed by atoms with Crippen LogP contribution in [0.3, 0.4) is 0 Å². The summed E-state index contributed by atoms with van der Waals surface area (Å²) in [6.45, 7) is 9.71. The normalized spacial score (nSPS) is 31.3. The van der Waals surface area contributed by atoms with Gasteiger partial charge in [-0.25, -0.2) is 0 Å². The third-order valence-electron chi connectivity index (χ3n) is 4.54. The summed E-state index contributed by atoms with van der Waals surface area (Å²) in [5.41, 5.74) is 0. The molecule has 1 aliphatic carbocycles. The Bertz CT molecular complexity index is 213. The van der Waals surface area contributed by atoms with Gasteiger partial charge < -0.3 is 5.32 Å². The van der Waals surface area contributed by atoms with Crippen molar-refractivity contribution in [3.63, 3.8) is 0 Å². The van der Waals surface area contributed by atoms with Crippen molar-refractivity contribution in [3.8, 4) is 0 Å². The molecule has 0 radical (unpaired) electrons. The largest absolute Gasteiger partial charge is 0.310 e. The summed E-state index contributed by atoms with van der Waals surface area (Å²) >= 11 is 0. The van der Waals surface area contributed by atoms with Crippen molar-refractivity contribution in [3.05, 3.63) is 0 Å². The van der Waals surface area contributed by atoms with Crippen LogP contribution >= 0.6 is 0 Å². The Labute approximate surface area is 101 Å². The number of hydrogen-bond donors (Lipinski definition) is 1. The molecule has 1 N–H and O–H groups in total. The number of likely N-dealkylation sites (tertiary alicyclic amines) is 1. The highest BCUT2D eigenvalue weighted by molar-refractivity contribution is 4.89. The van der Waals surface area contributed by atoms with Crippen LogP contribution in [0, 0.1) is 5.92 Å². The second-order valence-electron chi connectivity index (χ2n) is 5.90. The highest BCUT2D eigenvalue weighted by atomic mass is 15.2. The van der Waals surface area contributed by atoms with Gasteiger partial charge in [0.15, 0.2) is 0 Å². The van der Waals surface area contributed by atoms with E-state index in [1.165, 1.54) is 45.2 Å². The van der Waals surface area contributed by atoms with Crippen LogP contribution in [0.4, 0.5) is 0 Å². The third-order valence-corrected chi connectivity index (χ3v) is 4.54. The fourth-order valence-corrected chi connectivity index (χ4v) is 2.80. The van der Waals surface area contributed by atoms with Gasteiger partial charge in [0.25, 0.3) is 0 Å². The molecule has 16 heavy (non-hydrogen) atoms. The van der Waals surface area contributed by atoms with Crippen molar-refractivity contribution < 1.29 is 0 Å².